The summed E-state index contributed by atoms with van der Waals surface area (Å²) in [6.45, 7) is 2.10. The number of aryl methyl sites for hydroxylation is 1. The number of nitrogens with one attached hydrogen (secondary N) is 1. The smallest absolute Gasteiger partial charge is 0.313 e. The number of amides is 3. The van der Waals surface area contributed by atoms with E-state index in [1.165, 1.54) is 29.4 Å². The summed E-state index contributed by atoms with van der Waals surface area (Å²) in [5.41, 5.74) is 6.84. The average Bonchev–Trinajstić information content (AvgIpc) is 2.69. The molecule has 146 valence electrons. The standard InChI is InChI=1S/C20H21FN4O3/c1-12-8-13(5-6-16(12)21)17-4-2-3-7-25(17)20(28)19(27)24-15-9-14(18(22)26)10-23-11-15/h5-6,8-11,17H,2-4,7H2,1H3,(H2,22,26)(H,24,27)/t17-/m0/s1. The number of halogens is 1. The van der Waals surface area contributed by atoms with Crippen molar-refractivity contribution in [3.05, 3.63) is 59.2 Å². The van der Waals surface area contributed by atoms with Gasteiger partial charge in [0.1, 0.15) is 5.82 Å². The fourth-order valence-electron chi connectivity index (χ4n) is 3.35. The van der Waals surface area contributed by atoms with Gasteiger partial charge in [0.25, 0.3) is 0 Å². The van der Waals surface area contributed by atoms with Crippen molar-refractivity contribution in [3.8, 4) is 0 Å². The van der Waals surface area contributed by atoms with Crippen LogP contribution in [0.15, 0.2) is 36.7 Å². The van der Waals surface area contributed by atoms with E-state index >= 15 is 0 Å². The molecule has 8 heteroatoms. The first-order valence-corrected chi connectivity index (χ1v) is 8.99. The molecule has 0 bridgehead atoms. The molecule has 1 aromatic carbocycles. The first kappa shape index (κ1) is 19.5. The molecular formula is C20H21FN4O3. The Morgan fingerprint density at radius 1 is 1.21 bits per heavy atom. The lowest BCUT2D eigenvalue weighted by Gasteiger charge is -2.35. The normalized spacial score (nSPS) is 16.5. The Morgan fingerprint density at radius 2 is 2.00 bits per heavy atom. The first-order valence-electron chi connectivity index (χ1n) is 8.99. The molecule has 7 nitrogen and oxygen atoms in total. The molecular weight excluding hydrogens is 363 g/mol. The second-order valence-corrected chi connectivity index (χ2v) is 6.80. The van der Waals surface area contributed by atoms with Gasteiger partial charge in [-0.05, 0) is 49.4 Å². The predicted molar refractivity (Wildman–Crippen MR) is 101 cm³/mol. The molecule has 2 heterocycles. The Kier molecular flexibility index (Phi) is 5.67. The van der Waals surface area contributed by atoms with Crippen molar-refractivity contribution in [2.75, 3.05) is 11.9 Å². The van der Waals surface area contributed by atoms with E-state index in [1.54, 1.807) is 19.1 Å². The van der Waals surface area contributed by atoms with Gasteiger partial charge < -0.3 is 16.0 Å². The molecule has 3 N–H and O–H groups in total. The highest BCUT2D eigenvalue weighted by Gasteiger charge is 2.32. The second-order valence-electron chi connectivity index (χ2n) is 6.80. The fraction of sp³-hybridized carbons (Fsp3) is 0.300. The maximum Gasteiger partial charge on any atom is 0.313 e. The van der Waals surface area contributed by atoms with Crippen molar-refractivity contribution in [2.45, 2.75) is 32.2 Å². The summed E-state index contributed by atoms with van der Waals surface area (Å²) in [4.78, 5) is 41.9. The second kappa shape index (κ2) is 8.16. The van der Waals surface area contributed by atoms with Crippen molar-refractivity contribution in [3.63, 3.8) is 0 Å². The van der Waals surface area contributed by atoms with Gasteiger partial charge in [-0.2, -0.15) is 0 Å². The van der Waals surface area contributed by atoms with E-state index in [0.29, 0.717) is 18.5 Å². The third kappa shape index (κ3) is 4.16. The van der Waals surface area contributed by atoms with Crippen molar-refractivity contribution in [1.29, 1.82) is 0 Å². The van der Waals surface area contributed by atoms with E-state index in [0.717, 1.165) is 18.4 Å². The summed E-state index contributed by atoms with van der Waals surface area (Å²) in [7, 11) is 0. The lowest BCUT2D eigenvalue weighted by molar-refractivity contribution is -0.145. The molecule has 1 fully saturated rings. The Morgan fingerprint density at radius 3 is 2.71 bits per heavy atom. The Hall–Kier alpha value is -3.29. The van der Waals surface area contributed by atoms with Crippen LogP contribution in [-0.4, -0.2) is 34.2 Å². The minimum atomic E-state index is -0.825. The van der Waals surface area contributed by atoms with Gasteiger partial charge in [-0.1, -0.05) is 12.1 Å². The molecule has 3 rings (SSSR count). The number of nitrogens with two attached hydrogens (primary N) is 1. The molecule has 0 unspecified atom stereocenters. The topological polar surface area (TPSA) is 105 Å². The van der Waals surface area contributed by atoms with Crippen molar-refractivity contribution >= 4 is 23.4 Å². The van der Waals surface area contributed by atoms with Crippen LogP contribution in [0.3, 0.4) is 0 Å². The van der Waals surface area contributed by atoms with Crippen LogP contribution in [-0.2, 0) is 9.59 Å². The number of anilines is 1. The van der Waals surface area contributed by atoms with Gasteiger partial charge in [0, 0.05) is 12.7 Å². The van der Waals surface area contributed by atoms with Gasteiger partial charge in [-0.3, -0.25) is 19.4 Å². The molecule has 0 radical (unpaired) electrons. The third-order valence-corrected chi connectivity index (χ3v) is 4.81. The van der Waals surface area contributed by atoms with Gasteiger partial charge >= 0.3 is 11.8 Å². The summed E-state index contributed by atoms with van der Waals surface area (Å²) >= 11 is 0. The third-order valence-electron chi connectivity index (χ3n) is 4.81. The number of rotatable bonds is 3. The van der Waals surface area contributed by atoms with Gasteiger partial charge in [0.05, 0.1) is 23.5 Å². The van der Waals surface area contributed by atoms with Crippen LogP contribution >= 0.6 is 0 Å². The zero-order chi connectivity index (χ0) is 20.3. The molecule has 28 heavy (non-hydrogen) atoms. The van der Waals surface area contributed by atoms with Crippen LogP contribution in [0.5, 0.6) is 0 Å². The highest BCUT2D eigenvalue weighted by Crippen LogP contribution is 2.32. The Labute approximate surface area is 161 Å². The van der Waals surface area contributed by atoms with Gasteiger partial charge in [0.15, 0.2) is 0 Å². The summed E-state index contributed by atoms with van der Waals surface area (Å²) < 4.78 is 13.6. The van der Waals surface area contributed by atoms with Crippen molar-refractivity contribution in [1.82, 2.24) is 9.88 Å². The van der Waals surface area contributed by atoms with Crippen LogP contribution in [0.25, 0.3) is 0 Å². The number of nitrogens with zero attached hydrogens (tertiary/aromatic N) is 2. The zero-order valence-corrected chi connectivity index (χ0v) is 15.4. The van der Waals surface area contributed by atoms with Gasteiger partial charge in [-0.25, -0.2) is 4.39 Å². The van der Waals surface area contributed by atoms with Gasteiger partial charge in [-0.15, -0.1) is 0 Å². The summed E-state index contributed by atoms with van der Waals surface area (Å²) in [5.74, 6) is -2.50. The van der Waals surface area contributed by atoms with Crippen LogP contribution < -0.4 is 11.1 Å². The number of benzene rings is 1. The molecule has 0 saturated carbocycles. The number of pyridine rings is 1. The van der Waals surface area contributed by atoms with Crippen molar-refractivity contribution in [2.24, 2.45) is 5.73 Å². The fourth-order valence-corrected chi connectivity index (χ4v) is 3.35. The largest absolute Gasteiger partial charge is 0.366 e. The summed E-state index contributed by atoms with van der Waals surface area (Å²) in [6.07, 6.45) is 5.00. The number of likely N-dealkylation sites (tertiary alicyclic amines) is 1. The average molecular weight is 384 g/mol. The highest BCUT2D eigenvalue weighted by atomic mass is 19.1. The highest BCUT2D eigenvalue weighted by molar-refractivity contribution is 6.39. The van der Waals surface area contributed by atoms with E-state index in [9.17, 15) is 18.8 Å². The lowest BCUT2D eigenvalue weighted by atomic mass is 9.94. The van der Waals surface area contributed by atoms with E-state index in [2.05, 4.69) is 10.3 Å². The van der Waals surface area contributed by atoms with E-state index in [1.807, 2.05) is 0 Å². The molecule has 1 aliphatic rings. The molecule has 1 aliphatic heterocycles. The lowest BCUT2D eigenvalue weighted by Crippen LogP contribution is -2.44. The molecule has 2 aromatic rings. The van der Waals surface area contributed by atoms with Crippen LogP contribution in [0.2, 0.25) is 0 Å². The number of piperidine rings is 1. The first-order chi connectivity index (χ1) is 13.4. The van der Waals surface area contributed by atoms with E-state index < -0.39 is 17.7 Å². The number of primary amides is 1. The molecule has 1 saturated heterocycles. The number of hydrogen-bond donors (Lipinski definition) is 2. The molecule has 3 amide bonds. The molecule has 1 atom stereocenters. The minimum absolute atomic E-state index is 0.128. The summed E-state index contributed by atoms with van der Waals surface area (Å²) in [6, 6.07) is 5.81. The molecule has 1 aromatic heterocycles. The Balaban J connectivity index is 1.78. The minimum Gasteiger partial charge on any atom is -0.366 e. The number of carbonyl (C=O) groups excluding carboxylic acids is 3. The number of aromatic nitrogens is 1. The van der Waals surface area contributed by atoms with Gasteiger partial charge in [0.2, 0.25) is 5.91 Å². The number of carbonyl (C=O) groups is 3. The van der Waals surface area contributed by atoms with Crippen LogP contribution in [0, 0.1) is 12.7 Å². The van der Waals surface area contributed by atoms with Crippen LogP contribution in [0.1, 0.15) is 46.8 Å². The Bertz CT molecular complexity index is 931. The van der Waals surface area contributed by atoms with Crippen molar-refractivity contribution < 1.29 is 18.8 Å². The van der Waals surface area contributed by atoms with Crippen LogP contribution in [0.4, 0.5) is 10.1 Å². The zero-order valence-electron chi connectivity index (χ0n) is 15.4. The molecule has 0 aliphatic carbocycles. The quantitative estimate of drug-likeness (QED) is 0.792. The predicted octanol–water partition coefficient (Wildman–Crippen LogP) is 2.32. The molecule has 0 spiro atoms. The van der Waals surface area contributed by atoms with E-state index in [-0.39, 0.29) is 23.1 Å². The van der Waals surface area contributed by atoms with E-state index in [4.69, 9.17) is 5.73 Å². The monoisotopic (exact) mass is 384 g/mol. The maximum atomic E-state index is 13.6. The maximum absolute atomic E-state index is 13.6. The SMILES string of the molecule is Cc1cc([C@@H]2CCCCN2C(=O)C(=O)Nc2cncc(C(N)=O)c2)ccc1F. The number of hydrogen-bond acceptors (Lipinski definition) is 4. The summed E-state index contributed by atoms with van der Waals surface area (Å²) in [5, 5.41) is 2.47.